The maximum absolute atomic E-state index is 12.0. The van der Waals surface area contributed by atoms with Crippen molar-refractivity contribution < 1.29 is 19.4 Å². The van der Waals surface area contributed by atoms with E-state index in [1.807, 2.05) is 0 Å². The van der Waals surface area contributed by atoms with Crippen LogP contribution in [-0.2, 0) is 4.74 Å². The summed E-state index contributed by atoms with van der Waals surface area (Å²) in [6.07, 6.45) is 0. The molecule has 0 radical (unpaired) electrons. The van der Waals surface area contributed by atoms with Gasteiger partial charge >= 0.3 is 12.0 Å². The Bertz CT molecular complexity index is 498. The lowest BCUT2D eigenvalue weighted by Crippen LogP contribution is -2.43. The summed E-state index contributed by atoms with van der Waals surface area (Å²) in [4.78, 5) is 24.6. The first-order chi connectivity index (χ1) is 9.08. The molecule has 1 aromatic carbocycles. The molecule has 0 spiro atoms. The molecule has 7 nitrogen and oxygen atoms in total. The lowest BCUT2D eigenvalue weighted by molar-refractivity contribution is 0.0564. The monoisotopic (exact) mass is 265 g/mol. The van der Waals surface area contributed by atoms with E-state index < -0.39 is 5.97 Å². The zero-order chi connectivity index (χ0) is 13.8. The number of nitrogen functional groups attached to an aromatic ring is 1. The standard InChI is InChI=1S/C12H15N3O4/c13-8-1-2-10(9(7-8)11(16)17)14-12(18)15-3-5-19-6-4-15/h1-2,7H,3-6,13H2,(H,14,18)(H,16,17). The molecule has 0 aliphatic carbocycles. The Morgan fingerprint density at radius 1 is 1.32 bits per heavy atom. The Balaban J connectivity index is 2.13. The molecule has 1 saturated heterocycles. The summed E-state index contributed by atoms with van der Waals surface area (Å²) in [7, 11) is 0. The van der Waals surface area contributed by atoms with E-state index in [9.17, 15) is 9.59 Å². The van der Waals surface area contributed by atoms with Gasteiger partial charge in [0.15, 0.2) is 0 Å². The smallest absolute Gasteiger partial charge is 0.337 e. The molecule has 19 heavy (non-hydrogen) atoms. The van der Waals surface area contributed by atoms with Crippen LogP contribution in [0, 0.1) is 0 Å². The normalized spacial score (nSPS) is 15.1. The second-order valence-corrected chi connectivity index (χ2v) is 4.14. The van der Waals surface area contributed by atoms with Crippen LogP contribution in [0.2, 0.25) is 0 Å². The van der Waals surface area contributed by atoms with Crippen LogP contribution in [0.5, 0.6) is 0 Å². The molecule has 0 unspecified atom stereocenters. The number of rotatable bonds is 2. The second kappa shape index (κ2) is 5.57. The Morgan fingerprint density at radius 3 is 2.63 bits per heavy atom. The van der Waals surface area contributed by atoms with Crippen molar-refractivity contribution >= 4 is 23.4 Å². The van der Waals surface area contributed by atoms with Gasteiger partial charge < -0.3 is 25.8 Å². The van der Waals surface area contributed by atoms with Crippen LogP contribution < -0.4 is 11.1 Å². The maximum atomic E-state index is 12.0. The molecule has 0 aromatic heterocycles. The fourth-order valence-electron chi connectivity index (χ4n) is 1.81. The highest BCUT2D eigenvalue weighted by molar-refractivity contribution is 6.00. The number of aromatic carboxylic acids is 1. The van der Waals surface area contributed by atoms with Crippen molar-refractivity contribution in [1.82, 2.24) is 4.90 Å². The maximum Gasteiger partial charge on any atom is 0.337 e. The average Bonchev–Trinajstić information content (AvgIpc) is 2.41. The van der Waals surface area contributed by atoms with Crippen LogP contribution in [0.4, 0.5) is 16.2 Å². The number of carbonyl (C=O) groups is 2. The number of nitrogens with zero attached hydrogens (tertiary/aromatic N) is 1. The van der Waals surface area contributed by atoms with Gasteiger partial charge in [0.2, 0.25) is 0 Å². The van der Waals surface area contributed by atoms with Crippen LogP contribution in [0.3, 0.4) is 0 Å². The van der Waals surface area contributed by atoms with Gasteiger partial charge in [-0.05, 0) is 18.2 Å². The molecule has 102 valence electrons. The van der Waals surface area contributed by atoms with Crippen LogP contribution in [-0.4, -0.2) is 48.3 Å². The molecule has 0 atom stereocenters. The number of anilines is 2. The van der Waals surface area contributed by atoms with Gasteiger partial charge in [-0.25, -0.2) is 9.59 Å². The van der Waals surface area contributed by atoms with Gasteiger partial charge in [0, 0.05) is 18.8 Å². The molecular formula is C12H15N3O4. The van der Waals surface area contributed by atoms with E-state index in [2.05, 4.69) is 5.32 Å². The number of carboxylic acids is 1. The molecule has 0 bridgehead atoms. The van der Waals surface area contributed by atoms with Crippen LogP contribution in [0.25, 0.3) is 0 Å². The third kappa shape index (κ3) is 3.14. The fourth-order valence-corrected chi connectivity index (χ4v) is 1.81. The Kier molecular flexibility index (Phi) is 3.86. The Hall–Kier alpha value is -2.28. The summed E-state index contributed by atoms with van der Waals surface area (Å²) in [5, 5.41) is 11.7. The minimum Gasteiger partial charge on any atom is -0.478 e. The van der Waals surface area contributed by atoms with Gasteiger partial charge in [-0.15, -0.1) is 0 Å². The van der Waals surface area contributed by atoms with Crippen molar-refractivity contribution in [1.29, 1.82) is 0 Å². The first-order valence-corrected chi connectivity index (χ1v) is 5.84. The molecule has 1 aromatic rings. The summed E-state index contributed by atoms with van der Waals surface area (Å²) in [6.45, 7) is 1.95. The van der Waals surface area contributed by atoms with Crippen molar-refractivity contribution in [3.8, 4) is 0 Å². The number of carbonyl (C=O) groups excluding carboxylic acids is 1. The van der Waals surface area contributed by atoms with Crippen LogP contribution >= 0.6 is 0 Å². The lowest BCUT2D eigenvalue weighted by Gasteiger charge is -2.27. The average molecular weight is 265 g/mol. The number of ether oxygens (including phenoxy) is 1. The predicted octanol–water partition coefficient (Wildman–Crippen LogP) is 0.831. The van der Waals surface area contributed by atoms with Crippen LogP contribution in [0.15, 0.2) is 18.2 Å². The highest BCUT2D eigenvalue weighted by Gasteiger charge is 2.19. The lowest BCUT2D eigenvalue weighted by atomic mass is 10.1. The van der Waals surface area contributed by atoms with Gasteiger partial charge in [-0.2, -0.15) is 0 Å². The number of morpholine rings is 1. The molecule has 1 heterocycles. The van der Waals surface area contributed by atoms with Crippen molar-refractivity contribution in [2.75, 3.05) is 37.4 Å². The first kappa shape index (κ1) is 13.2. The molecule has 1 fully saturated rings. The third-order valence-corrected chi connectivity index (χ3v) is 2.81. The minimum absolute atomic E-state index is 0.0263. The summed E-state index contributed by atoms with van der Waals surface area (Å²) in [6, 6.07) is 4.01. The molecule has 2 rings (SSSR count). The molecular weight excluding hydrogens is 250 g/mol. The SMILES string of the molecule is Nc1ccc(NC(=O)N2CCOCC2)c(C(=O)O)c1. The quantitative estimate of drug-likeness (QED) is 0.687. The number of nitrogens with one attached hydrogen (secondary N) is 1. The molecule has 1 aliphatic heterocycles. The van der Waals surface area contributed by atoms with E-state index in [1.54, 1.807) is 11.0 Å². The van der Waals surface area contributed by atoms with E-state index in [-0.39, 0.29) is 17.3 Å². The fraction of sp³-hybridized carbons (Fsp3) is 0.333. The number of nitrogens with two attached hydrogens (primary N) is 1. The molecule has 4 N–H and O–H groups in total. The third-order valence-electron chi connectivity index (χ3n) is 2.81. The molecule has 1 aliphatic rings. The number of amides is 2. The van der Waals surface area contributed by atoms with Gasteiger partial charge in [-0.1, -0.05) is 0 Å². The summed E-state index contributed by atoms with van der Waals surface area (Å²) < 4.78 is 5.15. The largest absolute Gasteiger partial charge is 0.478 e. The zero-order valence-electron chi connectivity index (χ0n) is 10.3. The highest BCUT2D eigenvalue weighted by Crippen LogP contribution is 2.19. The van der Waals surface area contributed by atoms with Crippen molar-refractivity contribution in [3.05, 3.63) is 23.8 Å². The summed E-state index contributed by atoms with van der Waals surface area (Å²) >= 11 is 0. The predicted molar refractivity (Wildman–Crippen MR) is 69.2 cm³/mol. The summed E-state index contributed by atoms with van der Waals surface area (Å²) in [5.74, 6) is -1.13. The number of hydrogen-bond donors (Lipinski definition) is 3. The van der Waals surface area contributed by atoms with Crippen LogP contribution in [0.1, 0.15) is 10.4 Å². The minimum atomic E-state index is -1.13. The molecule has 0 saturated carbocycles. The number of hydrogen-bond acceptors (Lipinski definition) is 4. The highest BCUT2D eigenvalue weighted by atomic mass is 16.5. The van der Waals surface area contributed by atoms with Crippen molar-refractivity contribution in [2.24, 2.45) is 0 Å². The number of carboxylic acid groups (broad SMARTS) is 1. The van der Waals surface area contributed by atoms with Gasteiger partial charge in [0.25, 0.3) is 0 Å². The van der Waals surface area contributed by atoms with Crippen molar-refractivity contribution in [2.45, 2.75) is 0 Å². The number of urea groups is 1. The van der Waals surface area contributed by atoms with Gasteiger partial charge in [0.1, 0.15) is 0 Å². The van der Waals surface area contributed by atoms with Crippen molar-refractivity contribution in [3.63, 3.8) is 0 Å². The second-order valence-electron chi connectivity index (χ2n) is 4.14. The molecule has 7 heteroatoms. The Labute approximate surface area is 109 Å². The topological polar surface area (TPSA) is 105 Å². The zero-order valence-corrected chi connectivity index (χ0v) is 10.3. The van der Waals surface area contributed by atoms with Gasteiger partial charge in [-0.3, -0.25) is 0 Å². The van der Waals surface area contributed by atoms with E-state index in [1.165, 1.54) is 12.1 Å². The molecule has 2 amide bonds. The van der Waals surface area contributed by atoms with E-state index in [0.717, 1.165) is 0 Å². The van der Waals surface area contributed by atoms with Gasteiger partial charge in [0.05, 0.1) is 24.5 Å². The Morgan fingerprint density at radius 2 is 2.00 bits per heavy atom. The number of benzene rings is 1. The first-order valence-electron chi connectivity index (χ1n) is 5.84. The van der Waals surface area contributed by atoms with E-state index in [4.69, 9.17) is 15.6 Å². The van der Waals surface area contributed by atoms with E-state index in [0.29, 0.717) is 32.0 Å². The van der Waals surface area contributed by atoms with E-state index >= 15 is 0 Å². The summed E-state index contributed by atoms with van der Waals surface area (Å²) in [5.41, 5.74) is 6.08.